The number of nitriles is 1. The summed E-state index contributed by atoms with van der Waals surface area (Å²) < 4.78 is 1.89. The Morgan fingerprint density at radius 2 is 2.10 bits per heavy atom. The minimum absolute atomic E-state index is 0.135. The molecular formula is C17H22N4. The summed E-state index contributed by atoms with van der Waals surface area (Å²) in [4.78, 5) is 0. The second-order valence-electron chi connectivity index (χ2n) is 6.01. The summed E-state index contributed by atoms with van der Waals surface area (Å²) in [5.41, 5.74) is 2.46. The Labute approximate surface area is 126 Å². The van der Waals surface area contributed by atoms with Crippen LogP contribution in [0.1, 0.15) is 32.3 Å². The maximum atomic E-state index is 8.69. The van der Waals surface area contributed by atoms with Crippen LogP contribution < -0.4 is 5.32 Å². The van der Waals surface area contributed by atoms with Gasteiger partial charge in [-0.3, -0.25) is 0 Å². The molecule has 4 heteroatoms. The maximum Gasteiger partial charge on any atom is 0.0690 e. The van der Waals surface area contributed by atoms with Crippen molar-refractivity contribution in [3.63, 3.8) is 0 Å². The number of nitrogens with one attached hydrogen (secondary N) is 1. The quantitative estimate of drug-likeness (QED) is 0.847. The van der Waals surface area contributed by atoms with Crippen LogP contribution >= 0.6 is 0 Å². The van der Waals surface area contributed by atoms with Gasteiger partial charge in [-0.05, 0) is 29.5 Å². The van der Waals surface area contributed by atoms with E-state index in [-0.39, 0.29) is 5.41 Å². The first-order valence-corrected chi connectivity index (χ1v) is 7.28. The van der Waals surface area contributed by atoms with E-state index in [4.69, 9.17) is 5.26 Å². The molecule has 0 atom stereocenters. The van der Waals surface area contributed by atoms with Crippen LogP contribution in [0, 0.1) is 16.7 Å². The summed E-state index contributed by atoms with van der Waals surface area (Å²) in [6.45, 7) is 6.07. The van der Waals surface area contributed by atoms with Gasteiger partial charge in [-0.25, -0.2) is 4.68 Å². The number of para-hydroxylation sites is 1. The van der Waals surface area contributed by atoms with Crippen LogP contribution in [0.2, 0.25) is 0 Å². The predicted octanol–water partition coefficient (Wildman–Crippen LogP) is 3.29. The van der Waals surface area contributed by atoms with Gasteiger partial charge in [-0.1, -0.05) is 32.0 Å². The smallest absolute Gasteiger partial charge is 0.0690 e. The number of aromatic nitrogens is 2. The maximum absolute atomic E-state index is 8.69. The van der Waals surface area contributed by atoms with E-state index in [1.54, 1.807) is 6.20 Å². The van der Waals surface area contributed by atoms with Crippen molar-refractivity contribution in [2.45, 2.75) is 33.2 Å². The van der Waals surface area contributed by atoms with Crippen LogP contribution in [0.4, 0.5) is 0 Å². The zero-order valence-corrected chi connectivity index (χ0v) is 12.7. The number of hydrogen-bond acceptors (Lipinski definition) is 3. The third-order valence-electron chi connectivity index (χ3n) is 3.58. The Morgan fingerprint density at radius 3 is 2.81 bits per heavy atom. The van der Waals surface area contributed by atoms with Crippen molar-refractivity contribution in [1.82, 2.24) is 15.1 Å². The van der Waals surface area contributed by atoms with E-state index in [9.17, 15) is 0 Å². The first-order chi connectivity index (χ1) is 10.1. The largest absolute Gasteiger partial charge is 0.312 e. The molecule has 0 aliphatic carbocycles. The molecule has 0 radical (unpaired) electrons. The average Bonchev–Trinajstić information content (AvgIpc) is 3.00. The van der Waals surface area contributed by atoms with Crippen molar-refractivity contribution in [1.29, 1.82) is 5.26 Å². The molecule has 1 aromatic heterocycles. The number of hydrogen-bond donors (Lipinski definition) is 1. The van der Waals surface area contributed by atoms with Crippen molar-refractivity contribution in [3.8, 4) is 11.8 Å². The van der Waals surface area contributed by atoms with E-state index in [2.05, 4.69) is 42.5 Å². The molecule has 0 unspecified atom stereocenters. The highest BCUT2D eigenvalue weighted by molar-refractivity contribution is 5.40. The summed E-state index contributed by atoms with van der Waals surface area (Å²) in [5, 5.41) is 16.5. The summed E-state index contributed by atoms with van der Waals surface area (Å²) >= 11 is 0. The Kier molecular flexibility index (Phi) is 5.13. The molecule has 1 heterocycles. The van der Waals surface area contributed by atoms with E-state index in [0.717, 1.165) is 25.2 Å². The zero-order chi connectivity index (χ0) is 15.1. The van der Waals surface area contributed by atoms with Crippen molar-refractivity contribution < 1.29 is 0 Å². The fraction of sp³-hybridized carbons (Fsp3) is 0.412. The highest BCUT2D eigenvalue weighted by Gasteiger charge is 2.17. The van der Waals surface area contributed by atoms with Gasteiger partial charge in [0, 0.05) is 31.9 Å². The predicted molar refractivity (Wildman–Crippen MR) is 83.9 cm³/mol. The molecule has 0 aliphatic rings. The Hall–Kier alpha value is -2.12. The van der Waals surface area contributed by atoms with Gasteiger partial charge in [-0.2, -0.15) is 10.4 Å². The summed E-state index contributed by atoms with van der Waals surface area (Å²) in [6, 6.07) is 12.4. The van der Waals surface area contributed by atoms with Gasteiger partial charge in [0.1, 0.15) is 0 Å². The first kappa shape index (κ1) is 15.3. The van der Waals surface area contributed by atoms with Gasteiger partial charge < -0.3 is 5.32 Å². The van der Waals surface area contributed by atoms with Crippen LogP contribution in [0.25, 0.3) is 5.69 Å². The summed E-state index contributed by atoms with van der Waals surface area (Å²) in [7, 11) is 0. The molecule has 0 saturated carbocycles. The van der Waals surface area contributed by atoms with Crippen LogP contribution in [0.15, 0.2) is 42.7 Å². The van der Waals surface area contributed by atoms with Gasteiger partial charge in [0.2, 0.25) is 0 Å². The minimum atomic E-state index is 0.135. The molecule has 1 N–H and O–H groups in total. The lowest BCUT2D eigenvalue weighted by molar-refractivity contribution is 0.317. The van der Waals surface area contributed by atoms with E-state index in [0.29, 0.717) is 6.42 Å². The minimum Gasteiger partial charge on any atom is -0.312 e. The van der Waals surface area contributed by atoms with Gasteiger partial charge in [0.15, 0.2) is 0 Å². The average molecular weight is 282 g/mol. The summed E-state index contributed by atoms with van der Waals surface area (Å²) in [6.07, 6.45) is 5.26. The molecule has 2 rings (SSSR count). The van der Waals surface area contributed by atoms with Crippen LogP contribution in [0.3, 0.4) is 0 Å². The van der Waals surface area contributed by atoms with Crippen LogP contribution in [0.5, 0.6) is 0 Å². The number of benzene rings is 1. The summed E-state index contributed by atoms with van der Waals surface area (Å²) in [5.74, 6) is 0. The topological polar surface area (TPSA) is 53.6 Å². The molecule has 0 bridgehead atoms. The molecule has 0 amide bonds. The first-order valence-electron chi connectivity index (χ1n) is 7.28. The van der Waals surface area contributed by atoms with Gasteiger partial charge >= 0.3 is 0 Å². The van der Waals surface area contributed by atoms with Crippen molar-refractivity contribution in [2.24, 2.45) is 5.41 Å². The van der Waals surface area contributed by atoms with Crippen LogP contribution in [-0.4, -0.2) is 16.3 Å². The van der Waals surface area contributed by atoms with E-state index in [1.807, 2.05) is 29.1 Å². The molecule has 4 nitrogen and oxygen atoms in total. The van der Waals surface area contributed by atoms with E-state index >= 15 is 0 Å². The lowest BCUT2D eigenvalue weighted by Crippen LogP contribution is -2.29. The second-order valence-corrected chi connectivity index (χ2v) is 6.01. The molecule has 21 heavy (non-hydrogen) atoms. The molecule has 2 aromatic rings. The highest BCUT2D eigenvalue weighted by Crippen LogP contribution is 2.21. The van der Waals surface area contributed by atoms with Crippen molar-refractivity contribution >= 4 is 0 Å². The van der Waals surface area contributed by atoms with E-state index < -0.39 is 0 Å². The molecular weight excluding hydrogens is 260 g/mol. The zero-order valence-electron chi connectivity index (χ0n) is 12.7. The van der Waals surface area contributed by atoms with Gasteiger partial charge in [0.05, 0.1) is 11.8 Å². The normalized spacial score (nSPS) is 11.3. The Balaban J connectivity index is 1.97. The molecule has 1 aromatic carbocycles. The van der Waals surface area contributed by atoms with Gasteiger partial charge in [-0.15, -0.1) is 0 Å². The van der Waals surface area contributed by atoms with Crippen molar-refractivity contribution in [3.05, 3.63) is 48.3 Å². The molecule has 0 saturated heterocycles. The monoisotopic (exact) mass is 282 g/mol. The molecule has 0 fully saturated rings. The third-order valence-corrected chi connectivity index (χ3v) is 3.58. The molecule has 0 aliphatic heterocycles. The van der Waals surface area contributed by atoms with Gasteiger partial charge in [0.25, 0.3) is 0 Å². The van der Waals surface area contributed by atoms with E-state index in [1.165, 1.54) is 5.56 Å². The highest BCUT2D eigenvalue weighted by atomic mass is 15.3. The lowest BCUT2D eigenvalue weighted by Gasteiger charge is -2.24. The Morgan fingerprint density at radius 1 is 1.29 bits per heavy atom. The van der Waals surface area contributed by atoms with Crippen molar-refractivity contribution in [2.75, 3.05) is 6.54 Å². The fourth-order valence-corrected chi connectivity index (χ4v) is 2.31. The number of rotatable bonds is 7. The molecule has 0 spiro atoms. The Bertz CT molecular complexity index is 594. The second kappa shape index (κ2) is 7.05. The fourth-order valence-electron chi connectivity index (χ4n) is 2.31. The number of nitrogens with zero attached hydrogens (tertiary/aromatic N) is 3. The molecule has 110 valence electrons. The SMILES string of the molecule is CC(C)(CCC#N)CNCc1ccccc1-n1cccn1. The lowest BCUT2D eigenvalue weighted by atomic mass is 9.88. The third kappa shape index (κ3) is 4.44. The standard InChI is InChI=1S/C17H22N4/c1-17(2,9-5-10-18)14-19-13-15-7-3-4-8-16(15)21-12-6-11-20-21/h3-4,6-8,11-12,19H,5,9,13-14H2,1-2H3. The van der Waals surface area contributed by atoms with Crippen LogP contribution in [-0.2, 0) is 6.54 Å².